The molecular formula is C22H19N3O4S2. The molecule has 1 fully saturated rings. The lowest BCUT2D eigenvalue weighted by atomic mass is 10.1. The Bertz CT molecular complexity index is 1340. The van der Waals surface area contributed by atoms with Crippen LogP contribution in [-0.4, -0.2) is 54.9 Å². The second-order valence-corrected chi connectivity index (χ2v) is 10.1. The summed E-state index contributed by atoms with van der Waals surface area (Å²) in [6, 6.07) is 18.2. The van der Waals surface area contributed by atoms with Crippen molar-refractivity contribution in [3.8, 4) is 10.6 Å². The molecule has 0 unspecified atom stereocenters. The minimum atomic E-state index is -3.63. The number of amides is 1. The van der Waals surface area contributed by atoms with E-state index in [2.05, 4.69) is 5.16 Å². The van der Waals surface area contributed by atoms with Crippen molar-refractivity contribution in [2.45, 2.75) is 4.90 Å². The smallest absolute Gasteiger partial charge is 0.276 e. The van der Waals surface area contributed by atoms with Crippen LogP contribution in [0.15, 0.2) is 75.5 Å². The molecule has 1 amide bonds. The zero-order valence-corrected chi connectivity index (χ0v) is 18.1. The van der Waals surface area contributed by atoms with Gasteiger partial charge in [-0.15, -0.1) is 11.3 Å². The van der Waals surface area contributed by atoms with Crippen molar-refractivity contribution in [2.75, 3.05) is 26.2 Å². The largest absolute Gasteiger partial charge is 0.355 e. The van der Waals surface area contributed by atoms with Gasteiger partial charge in [-0.05, 0) is 34.4 Å². The molecule has 0 spiro atoms. The molecule has 1 aliphatic heterocycles. The zero-order valence-electron chi connectivity index (χ0n) is 16.5. The topological polar surface area (TPSA) is 83.7 Å². The van der Waals surface area contributed by atoms with Crippen molar-refractivity contribution in [1.29, 1.82) is 0 Å². The first-order chi connectivity index (χ1) is 15.0. The van der Waals surface area contributed by atoms with Crippen LogP contribution in [0.2, 0.25) is 0 Å². The number of hydrogen-bond donors (Lipinski definition) is 0. The Morgan fingerprint density at radius 3 is 2.45 bits per heavy atom. The SMILES string of the molecule is O=C(c1cc(-c2cccs2)on1)N1CCN(S(=O)(=O)c2ccc3ccccc3c2)CC1. The van der Waals surface area contributed by atoms with E-state index < -0.39 is 10.0 Å². The van der Waals surface area contributed by atoms with E-state index in [1.165, 1.54) is 15.6 Å². The Morgan fingerprint density at radius 1 is 0.935 bits per heavy atom. The van der Waals surface area contributed by atoms with E-state index in [0.717, 1.165) is 15.6 Å². The van der Waals surface area contributed by atoms with Crippen LogP contribution in [0.25, 0.3) is 21.4 Å². The van der Waals surface area contributed by atoms with Gasteiger partial charge in [0, 0.05) is 32.2 Å². The first-order valence-electron chi connectivity index (χ1n) is 9.81. The third kappa shape index (κ3) is 3.76. The van der Waals surface area contributed by atoms with Crippen molar-refractivity contribution in [1.82, 2.24) is 14.4 Å². The fraction of sp³-hybridized carbons (Fsp3) is 0.182. The van der Waals surface area contributed by atoms with Crippen molar-refractivity contribution in [2.24, 2.45) is 0 Å². The van der Waals surface area contributed by atoms with E-state index in [-0.39, 0.29) is 29.6 Å². The molecule has 0 saturated carbocycles. The fourth-order valence-corrected chi connectivity index (χ4v) is 5.81. The minimum absolute atomic E-state index is 0.231. The van der Waals surface area contributed by atoms with Gasteiger partial charge in [0.25, 0.3) is 5.91 Å². The van der Waals surface area contributed by atoms with Gasteiger partial charge in [-0.2, -0.15) is 4.31 Å². The average Bonchev–Trinajstić information content (AvgIpc) is 3.50. The number of nitrogens with zero attached hydrogens (tertiary/aromatic N) is 3. The highest BCUT2D eigenvalue weighted by Crippen LogP contribution is 2.26. The lowest BCUT2D eigenvalue weighted by Crippen LogP contribution is -2.50. The van der Waals surface area contributed by atoms with E-state index >= 15 is 0 Å². The standard InChI is InChI=1S/C22H19N3O4S2/c26-22(19-15-20(29-23-19)21-6-3-13-30-21)24-9-11-25(12-10-24)31(27,28)18-8-7-16-4-1-2-5-17(16)14-18/h1-8,13-15H,9-12H2. The van der Waals surface area contributed by atoms with E-state index in [4.69, 9.17) is 4.52 Å². The van der Waals surface area contributed by atoms with Gasteiger partial charge in [-0.1, -0.05) is 41.6 Å². The summed E-state index contributed by atoms with van der Waals surface area (Å²) in [5, 5.41) is 7.70. The third-order valence-corrected chi connectivity index (χ3v) is 8.16. The summed E-state index contributed by atoms with van der Waals surface area (Å²) < 4.78 is 32.9. The van der Waals surface area contributed by atoms with E-state index in [1.807, 2.05) is 47.8 Å². The number of sulfonamides is 1. The summed E-state index contributed by atoms with van der Waals surface area (Å²) in [6.45, 7) is 1.06. The fourth-order valence-electron chi connectivity index (χ4n) is 3.68. The summed E-state index contributed by atoms with van der Waals surface area (Å²) >= 11 is 1.51. The molecule has 31 heavy (non-hydrogen) atoms. The van der Waals surface area contributed by atoms with Crippen LogP contribution >= 0.6 is 11.3 Å². The summed E-state index contributed by atoms with van der Waals surface area (Å²) in [7, 11) is -3.63. The van der Waals surface area contributed by atoms with Gasteiger partial charge in [0.05, 0.1) is 9.77 Å². The molecule has 0 N–H and O–H groups in total. The second kappa shape index (κ2) is 7.92. The van der Waals surface area contributed by atoms with Gasteiger partial charge in [0.1, 0.15) is 0 Å². The summed E-state index contributed by atoms with van der Waals surface area (Å²) in [4.78, 5) is 15.6. The van der Waals surface area contributed by atoms with E-state index in [9.17, 15) is 13.2 Å². The highest BCUT2D eigenvalue weighted by molar-refractivity contribution is 7.89. The lowest BCUT2D eigenvalue weighted by Gasteiger charge is -2.33. The first-order valence-corrected chi connectivity index (χ1v) is 12.1. The number of benzene rings is 2. The molecule has 2 aromatic heterocycles. The van der Waals surface area contributed by atoms with Gasteiger partial charge in [0.15, 0.2) is 11.5 Å². The lowest BCUT2D eigenvalue weighted by molar-refractivity contribution is 0.0687. The average molecular weight is 454 g/mol. The summed E-state index contributed by atoms with van der Waals surface area (Å²) in [6.07, 6.45) is 0. The molecule has 0 aliphatic carbocycles. The van der Waals surface area contributed by atoms with Gasteiger partial charge in [0.2, 0.25) is 10.0 Å². The molecule has 9 heteroatoms. The molecule has 3 heterocycles. The van der Waals surface area contributed by atoms with Crippen LogP contribution in [0.3, 0.4) is 0 Å². The summed E-state index contributed by atoms with van der Waals surface area (Å²) in [5.41, 5.74) is 0.231. The molecule has 0 atom stereocenters. The molecule has 1 saturated heterocycles. The molecule has 1 aliphatic rings. The zero-order chi connectivity index (χ0) is 21.4. The quantitative estimate of drug-likeness (QED) is 0.470. The number of fused-ring (bicyclic) bond motifs is 1. The Morgan fingerprint density at radius 2 is 1.71 bits per heavy atom. The van der Waals surface area contributed by atoms with Crippen LogP contribution in [0, 0.1) is 0 Å². The van der Waals surface area contributed by atoms with Gasteiger partial charge >= 0.3 is 0 Å². The Kier molecular flexibility index (Phi) is 5.09. The van der Waals surface area contributed by atoms with Crippen molar-refractivity contribution in [3.63, 3.8) is 0 Å². The third-order valence-electron chi connectivity index (χ3n) is 5.38. The minimum Gasteiger partial charge on any atom is -0.355 e. The van der Waals surface area contributed by atoms with E-state index in [1.54, 1.807) is 23.1 Å². The van der Waals surface area contributed by atoms with Crippen LogP contribution in [0.5, 0.6) is 0 Å². The van der Waals surface area contributed by atoms with Gasteiger partial charge in [-0.3, -0.25) is 4.79 Å². The molecule has 5 rings (SSSR count). The van der Waals surface area contributed by atoms with Crippen molar-refractivity contribution in [3.05, 3.63) is 71.7 Å². The Hall–Kier alpha value is -3.01. The van der Waals surface area contributed by atoms with Gasteiger partial charge in [-0.25, -0.2) is 8.42 Å². The van der Waals surface area contributed by atoms with Crippen LogP contribution in [-0.2, 0) is 10.0 Å². The maximum atomic E-state index is 13.1. The molecule has 0 bridgehead atoms. The number of aromatic nitrogens is 1. The Labute approximate surface area is 183 Å². The predicted octanol–water partition coefficient (Wildman–Crippen LogP) is 3.70. The number of rotatable bonds is 4. The number of hydrogen-bond acceptors (Lipinski definition) is 6. The van der Waals surface area contributed by atoms with Crippen molar-refractivity contribution < 1.29 is 17.7 Å². The highest BCUT2D eigenvalue weighted by Gasteiger charge is 2.31. The first kappa shape index (κ1) is 19.9. The molecular weight excluding hydrogens is 434 g/mol. The second-order valence-electron chi connectivity index (χ2n) is 7.26. The molecule has 158 valence electrons. The Balaban J connectivity index is 1.28. The number of carbonyl (C=O) groups excluding carboxylic acids is 1. The molecule has 7 nitrogen and oxygen atoms in total. The predicted molar refractivity (Wildman–Crippen MR) is 118 cm³/mol. The van der Waals surface area contributed by atoms with Crippen LogP contribution < -0.4 is 0 Å². The van der Waals surface area contributed by atoms with Crippen molar-refractivity contribution >= 4 is 38.0 Å². The number of carbonyl (C=O) groups is 1. The highest BCUT2D eigenvalue weighted by atomic mass is 32.2. The van der Waals surface area contributed by atoms with Crippen LogP contribution in [0.1, 0.15) is 10.5 Å². The molecule has 4 aromatic rings. The maximum absolute atomic E-state index is 13.1. The van der Waals surface area contributed by atoms with Gasteiger partial charge < -0.3 is 9.42 Å². The normalized spacial score (nSPS) is 15.4. The molecule has 2 aromatic carbocycles. The molecule has 0 radical (unpaired) electrons. The number of piperazine rings is 1. The van der Waals surface area contributed by atoms with E-state index in [0.29, 0.717) is 18.8 Å². The van der Waals surface area contributed by atoms with Crippen LogP contribution in [0.4, 0.5) is 0 Å². The monoisotopic (exact) mass is 453 g/mol. The maximum Gasteiger partial charge on any atom is 0.276 e. The summed E-state index contributed by atoms with van der Waals surface area (Å²) in [5.74, 6) is 0.296. The number of thiophene rings is 1.